The lowest BCUT2D eigenvalue weighted by molar-refractivity contribution is -0.145. The van der Waals surface area contributed by atoms with Crippen molar-refractivity contribution in [1.29, 1.82) is 0 Å². The van der Waals surface area contributed by atoms with Gasteiger partial charge in [-0.3, -0.25) is 4.79 Å². The molecule has 0 N–H and O–H groups in total. The Hall–Kier alpha value is -1.23. The summed E-state index contributed by atoms with van der Waals surface area (Å²) in [5.41, 5.74) is 0.515. The van der Waals surface area contributed by atoms with Gasteiger partial charge in [0.2, 0.25) is 0 Å². The fourth-order valence-corrected chi connectivity index (χ4v) is 2.36. The number of methoxy groups -OCH3 is 1. The first-order chi connectivity index (χ1) is 8.92. The van der Waals surface area contributed by atoms with E-state index in [9.17, 15) is 9.18 Å². The number of ether oxygens (including phenoxy) is 2. The smallest absolute Gasteiger partial charge is 0.321 e. The van der Waals surface area contributed by atoms with Crippen LogP contribution in [0.4, 0.5) is 4.39 Å². The van der Waals surface area contributed by atoms with E-state index < -0.39 is 4.75 Å². The Labute approximate surface area is 117 Å². The molecule has 0 aliphatic heterocycles. The zero-order valence-electron chi connectivity index (χ0n) is 11.7. The molecule has 1 aromatic carbocycles. The SMILES string of the molecule is CCOC(=O)C(C)(C)SCc1cccc(OC)c1F. The van der Waals surface area contributed by atoms with Gasteiger partial charge < -0.3 is 9.47 Å². The highest BCUT2D eigenvalue weighted by Crippen LogP contribution is 2.31. The van der Waals surface area contributed by atoms with Gasteiger partial charge >= 0.3 is 5.97 Å². The lowest BCUT2D eigenvalue weighted by Gasteiger charge is -2.21. The first-order valence-corrected chi connectivity index (χ1v) is 7.03. The Balaban J connectivity index is 2.74. The average molecular weight is 286 g/mol. The van der Waals surface area contributed by atoms with E-state index in [-0.39, 0.29) is 17.5 Å². The number of thioether (sulfide) groups is 1. The van der Waals surface area contributed by atoms with E-state index in [1.807, 2.05) is 0 Å². The Kier molecular flexibility index (Phi) is 5.66. The standard InChI is InChI=1S/C14H19FO3S/c1-5-18-13(16)14(2,3)19-9-10-7-6-8-11(17-4)12(10)15/h6-8H,5,9H2,1-4H3. The summed E-state index contributed by atoms with van der Waals surface area (Å²) in [6, 6.07) is 4.99. The monoisotopic (exact) mass is 286 g/mol. The van der Waals surface area contributed by atoms with Crippen molar-refractivity contribution in [3.63, 3.8) is 0 Å². The van der Waals surface area contributed by atoms with Crippen LogP contribution in [0.1, 0.15) is 26.3 Å². The fourth-order valence-electron chi connectivity index (χ4n) is 1.45. The van der Waals surface area contributed by atoms with Crippen molar-refractivity contribution in [3.8, 4) is 5.75 Å². The van der Waals surface area contributed by atoms with Crippen molar-refractivity contribution in [2.75, 3.05) is 13.7 Å². The normalized spacial score (nSPS) is 11.2. The number of benzene rings is 1. The fraction of sp³-hybridized carbons (Fsp3) is 0.500. The van der Waals surface area contributed by atoms with Crippen LogP contribution in [0, 0.1) is 5.82 Å². The molecule has 0 heterocycles. The van der Waals surface area contributed by atoms with Gasteiger partial charge in [-0.25, -0.2) is 4.39 Å². The van der Waals surface area contributed by atoms with Gasteiger partial charge in [0.15, 0.2) is 11.6 Å². The molecule has 1 rings (SSSR count). The van der Waals surface area contributed by atoms with Crippen LogP contribution >= 0.6 is 11.8 Å². The van der Waals surface area contributed by atoms with Crippen molar-refractivity contribution in [1.82, 2.24) is 0 Å². The third-order valence-corrected chi connectivity index (χ3v) is 3.96. The number of hydrogen-bond acceptors (Lipinski definition) is 4. The van der Waals surface area contributed by atoms with Crippen LogP contribution in [0.3, 0.4) is 0 Å². The molecule has 0 aromatic heterocycles. The molecule has 0 saturated carbocycles. The average Bonchev–Trinajstić information content (AvgIpc) is 2.38. The van der Waals surface area contributed by atoms with Crippen molar-refractivity contribution >= 4 is 17.7 Å². The van der Waals surface area contributed by atoms with Gasteiger partial charge in [0.1, 0.15) is 4.75 Å². The second-order valence-corrected chi connectivity index (χ2v) is 6.05. The van der Waals surface area contributed by atoms with Gasteiger partial charge in [-0.1, -0.05) is 12.1 Å². The first kappa shape index (κ1) is 15.8. The van der Waals surface area contributed by atoms with Crippen LogP contribution in [0.25, 0.3) is 0 Å². The molecular weight excluding hydrogens is 267 g/mol. The van der Waals surface area contributed by atoms with Gasteiger partial charge in [-0.2, -0.15) is 0 Å². The predicted octanol–water partition coefficient (Wildman–Crippen LogP) is 3.41. The number of carbonyl (C=O) groups is 1. The van der Waals surface area contributed by atoms with E-state index in [1.165, 1.54) is 18.9 Å². The Bertz CT molecular complexity index is 446. The van der Waals surface area contributed by atoms with Gasteiger partial charge in [0.25, 0.3) is 0 Å². The first-order valence-electron chi connectivity index (χ1n) is 6.05. The highest BCUT2D eigenvalue weighted by atomic mass is 32.2. The zero-order valence-corrected chi connectivity index (χ0v) is 12.5. The van der Waals surface area contributed by atoms with Gasteiger partial charge in [-0.05, 0) is 26.8 Å². The van der Waals surface area contributed by atoms with E-state index in [0.29, 0.717) is 17.9 Å². The van der Waals surface area contributed by atoms with Crippen LogP contribution in [-0.2, 0) is 15.3 Å². The van der Waals surface area contributed by atoms with Gasteiger partial charge in [0.05, 0.1) is 13.7 Å². The summed E-state index contributed by atoms with van der Waals surface area (Å²) in [5, 5.41) is 0. The molecule has 0 radical (unpaired) electrons. The van der Waals surface area contributed by atoms with E-state index in [0.717, 1.165) is 0 Å². The largest absolute Gasteiger partial charge is 0.494 e. The van der Waals surface area contributed by atoms with E-state index in [1.54, 1.807) is 39.0 Å². The molecular formula is C14H19FO3S. The second-order valence-electron chi connectivity index (χ2n) is 4.45. The Morgan fingerprint density at radius 2 is 2.11 bits per heavy atom. The third kappa shape index (κ3) is 4.13. The van der Waals surface area contributed by atoms with Crippen molar-refractivity contribution in [2.45, 2.75) is 31.3 Å². The number of hydrogen-bond donors (Lipinski definition) is 0. The van der Waals surface area contributed by atoms with Crippen molar-refractivity contribution in [3.05, 3.63) is 29.6 Å². The molecule has 0 aliphatic rings. The van der Waals surface area contributed by atoms with E-state index in [4.69, 9.17) is 9.47 Å². The molecule has 0 atom stereocenters. The van der Waals surface area contributed by atoms with Crippen LogP contribution in [0.2, 0.25) is 0 Å². The third-order valence-electron chi connectivity index (χ3n) is 2.62. The minimum atomic E-state index is -0.703. The van der Waals surface area contributed by atoms with Crippen LogP contribution in [0.5, 0.6) is 5.75 Å². The molecule has 0 amide bonds. The number of esters is 1. The van der Waals surface area contributed by atoms with Gasteiger partial charge in [-0.15, -0.1) is 11.8 Å². The Morgan fingerprint density at radius 1 is 1.42 bits per heavy atom. The number of halogens is 1. The summed E-state index contributed by atoms with van der Waals surface area (Å²) >= 11 is 1.34. The maximum Gasteiger partial charge on any atom is 0.321 e. The summed E-state index contributed by atoms with van der Waals surface area (Å²) < 4.78 is 23.2. The van der Waals surface area contributed by atoms with Gasteiger partial charge in [0, 0.05) is 11.3 Å². The topological polar surface area (TPSA) is 35.5 Å². The highest BCUT2D eigenvalue weighted by molar-refractivity contribution is 8.00. The molecule has 0 bridgehead atoms. The highest BCUT2D eigenvalue weighted by Gasteiger charge is 2.30. The number of rotatable bonds is 6. The summed E-state index contributed by atoms with van der Waals surface area (Å²) in [5.74, 6) is -0.0676. The molecule has 0 aliphatic carbocycles. The molecule has 0 saturated heterocycles. The van der Waals surface area contributed by atoms with Crippen LogP contribution < -0.4 is 4.74 Å². The molecule has 19 heavy (non-hydrogen) atoms. The molecule has 0 unspecified atom stereocenters. The van der Waals surface area contributed by atoms with E-state index >= 15 is 0 Å². The second kappa shape index (κ2) is 6.80. The van der Waals surface area contributed by atoms with Crippen LogP contribution in [0.15, 0.2) is 18.2 Å². The Morgan fingerprint density at radius 3 is 2.68 bits per heavy atom. The molecule has 0 fully saturated rings. The lowest BCUT2D eigenvalue weighted by Crippen LogP contribution is -2.30. The van der Waals surface area contributed by atoms with Crippen molar-refractivity contribution < 1.29 is 18.7 Å². The summed E-state index contributed by atoms with van der Waals surface area (Å²) in [6.07, 6.45) is 0. The predicted molar refractivity (Wildman–Crippen MR) is 75.0 cm³/mol. The number of carbonyl (C=O) groups excluding carboxylic acids is 1. The molecule has 5 heteroatoms. The molecule has 0 spiro atoms. The summed E-state index contributed by atoms with van der Waals surface area (Å²) in [7, 11) is 1.43. The van der Waals surface area contributed by atoms with Crippen molar-refractivity contribution in [2.24, 2.45) is 0 Å². The molecule has 106 valence electrons. The minimum Gasteiger partial charge on any atom is -0.494 e. The lowest BCUT2D eigenvalue weighted by atomic mass is 10.2. The molecule has 1 aromatic rings. The van der Waals surface area contributed by atoms with Crippen LogP contribution in [-0.4, -0.2) is 24.4 Å². The summed E-state index contributed by atoms with van der Waals surface area (Å²) in [4.78, 5) is 11.7. The maximum absolute atomic E-state index is 13.9. The quantitative estimate of drug-likeness (QED) is 0.751. The minimum absolute atomic E-state index is 0.215. The molecule has 3 nitrogen and oxygen atoms in total. The van der Waals surface area contributed by atoms with E-state index in [2.05, 4.69) is 0 Å². The summed E-state index contributed by atoms with van der Waals surface area (Å²) in [6.45, 7) is 5.65. The zero-order chi connectivity index (χ0) is 14.5. The maximum atomic E-state index is 13.9.